The molecule has 0 saturated heterocycles. The summed E-state index contributed by atoms with van der Waals surface area (Å²) in [5.41, 5.74) is 4.79. The molecule has 2 aromatic carbocycles. The van der Waals surface area contributed by atoms with E-state index < -0.39 is 0 Å². The molecule has 118 valence electrons. The fourth-order valence-electron chi connectivity index (χ4n) is 2.60. The topological polar surface area (TPSA) is 32.0 Å². The zero-order valence-corrected chi connectivity index (χ0v) is 13.8. The van der Waals surface area contributed by atoms with E-state index in [1.165, 1.54) is 0 Å². The standard InChI is InChI=1S/C21H19N3/c1-23(2)19-10-12-20(13-11-19)24-14-6-9-21(24)15-18(16-22)17-7-4-3-5-8-17/h3-15H,1-2H3/b18-15+. The van der Waals surface area contributed by atoms with Gasteiger partial charge in [-0.05, 0) is 48.0 Å². The molecular formula is C21H19N3. The van der Waals surface area contributed by atoms with Crippen molar-refractivity contribution in [3.05, 3.63) is 84.2 Å². The Hall–Kier alpha value is -3.25. The largest absolute Gasteiger partial charge is 0.378 e. The smallest absolute Gasteiger partial charge is 0.0998 e. The van der Waals surface area contributed by atoms with Gasteiger partial charge in [-0.2, -0.15) is 5.26 Å². The van der Waals surface area contributed by atoms with Crippen LogP contribution in [0.25, 0.3) is 17.3 Å². The van der Waals surface area contributed by atoms with Crippen LogP contribution in [0.15, 0.2) is 72.9 Å². The second-order valence-corrected chi connectivity index (χ2v) is 5.75. The summed E-state index contributed by atoms with van der Waals surface area (Å²) in [5.74, 6) is 0. The van der Waals surface area contributed by atoms with Gasteiger partial charge in [-0.15, -0.1) is 0 Å². The fourth-order valence-corrected chi connectivity index (χ4v) is 2.60. The number of hydrogen-bond donors (Lipinski definition) is 0. The maximum absolute atomic E-state index is 9.50. The summed E-state index contributed by atoms with van der Waals surface area (Å²) in [6.07, 6.45) is 3.94. The molecule has 0 radical (unpaired) electrons. The summed E-state index contributed by atoms with van der Waals surface area (Å²) in [6.45, 7) is 0. The molecule has 0 fully saturated rings. The van der Waals surface area contributed by atoms with Gasteiger partial charge >= 0.3 is 0 Å². The van der Waals surface area contributed by atoms with Crippen LogP contribution in [0.4, 0.5) is 5.69 Å². The SMILES string of the molecule is CN(C)c1ccc(-n2cccc2/C=C(\C#N)c2ccccc2)cc1. The van der Waals surface area contributed by atoms with Crippen LogP contribution in [-0.2, 0) is 0 Å². The Morgan fingerprint density at radius 3 is 2.29 bits per heavy atom. The van der Waals surface area contributed by atoms with Crippen LogP contribution in [-0.4, -0.2) is 18.7 Å². The first kappa shape index (κ1) is 15.6. The van der Waals surface area contributed by atoms with Gasteiger partial charge < -0.3 is 9.47 Å². The van der Waals surface area contributed by atoms with Gasteiger partial charge in [0.05, 0.1) is 11.6 Å². The Morgan fingerprint density at radius 2 is 1.67 bits per heavy atom. The summed E-state index contributed by atoms with van der Waals surface area (Å²) >= 11 is 0. The lowest BCUT2D eigenvalue weighted by atomic mass is 10.1. The zero-order valence-electron chi connectivity index (χ0n) is 13.8. The van der Waals surface area contributed by atoms with Gasteiger partial charge in [0.2, 0.25) is 0 Å². The Kier molecular flexibility index (Phi) is 4.49. The van der Waals surface area contributed by atoms with Crippen LogP contribution >= 0.6 is 0 Å². The molecule has 3 heteroatoms. The average molecular weight is 313 g/mol. The van der Waals surface area contributed by atoms with Crippen LogP contribution in [0.1, 0.15) is 11.3 Å². The summed E-state index contributed by atoms with van der Waals surface area (Å²) in [5, 5.41) is 9.50. The quantitative estimate of drug-likeness (QED) is 0.659. The normalized spacial score (nSPS) is 11.1. The number of allylic oxidation sites excluding steroid dienone is 1. The van der Waals surface area contributed by atoms with Crippen LogP contribution in [0, 0.1) is 11.3 Å². The van der Waals surface area contributed by atoms with Crippen molar-refractivity contribution >= 4 is 17.3 Å². The second kappa shape index (κ2) is 6.89. The number of nitriles is 1. The van der Waals surface area contributed by atoms with E-state index in [1.54, 1.807) is 0 Å². The van der Waals surface area contributed by atoms with E-state index in [0.717, 1.165) is 22.6 Å². The van der Waals surface area contributed by atoms with Crippen LogP contribution in [0.3, 0.4) is 0 Å². The van der Waals surface area contributed by atoms with Gasteiger partial charge in [0, 0.05) is 37.4 Å². The number of aromatic nitrogens is 1. The van der Waals surface area contributed by atoms with Crippen LogP contribution in [0.2, 0.25) is 0 Å². The minimum atomic E-state index is 0.653. The van der Waals surface area contributed by atoms with Crippen molar-refractivity contribution in [3.63, 3.8) is 0 Å². The molecule has 0 aliphatic rings. The van der Waals surface area contributed by atoms with E-state index in [2.05, 4.69) is 39.8 Å². The molecule has 0 unspecified atom stereocenters. The third-order valence-corrected chi connectivity index (χ3v) is 3.92. The highest BCUT2D eigenvalue weighted by Gasteiger charge is 2.05. The predicted molar refractivity (Wildman–Crippen MR) is 100 cm³/mol. The Labute approximate surface area is 142 Å². The highest BCUT2D eigenvalue weighted by atomic mass is 15.1. The van der Waals surface area contributed by atoms with E-state index in [-0.39, 0.29) is 0 Å². The zero-order chi connectivity index (χ0) is 16.9. The minimum absolute atomic E-state index is 0.653. The summed E-state index contributed by atoms with van der Waals surface area (Å²) in [4.78, 5) is 2.07. The molecule has 0 aliphatic carbocycles. The molecule has 3 nitrogen and oxygen atoms in total. The molecule has 24 heavy (non-hydrogen) atoms. The summed E-state index contributed by atoms with van der Waals surface area (Å²) < 4.78 is 2.08. The Balaban J connectivity index is 1.98. The molecular weight excluding hydrogens is 294 g/mol. The number of nitrogens with zero attached hydrogens (tertiary/aromatic N) is 3. The number of anilines is 1. The van der Waals surface area contributed by atoms with Crippen LogP contribution in [0.5, 0.6) is 0 Å². The minimum Gasteiger partial charge on any atom is -0.378 e. The molecule has 1 aromatic heterocycles. The van der Waals surface area contributed by atoms with Crippen molar-refractivity contribution in [2.45, 2.75) is 0 Å². The van der Waals surface area contributed by atoms with Crippen molar-refractivity contribution in [2.24, 2.45) is 0 Å². The molecule has 0 atom stereocenters. The van der Waals surface area contributed by atoms with E-state index in [0.29, 0.717) is 5.57 Å². The molecule has 0 spiro atoms. The Morgan fingerprint density at radius 1 is 0.958 bits per heavy atom. The lowest BCUT2D eigenvalue weighted by Gasteiger charge is -2.14. The fraction of sp³-hybridized carbons (Fsp3) is 0.0952. The van der Waals surface area contributed by atoms with Gasteiger partial charge in [0.25, 0.3) is 0 Å². The van der Waals surface area contributed by atoms with E-state index in [1.807, 2.05) is 68.8 Å². The molecule has 1 heterocycles. The lowest BCUT2D eigenvalue weighted by molar-refractivity contribution is 1.06. The van der Waals surface area contributed by atoms with Gasteiger partial charge in [0.15, 0.2) is 0 Å². The second-order valence-electron chi connectivity index (χ2n) is 5.75. The van der Waals surface area contributed by atoms with Gasteiger partial charge in [0.1, 0.15) is 0 Å². The van der Waals surface area contributed by atoms with Gasteiger partial charge in [-0.25, -0.2) is 0 Å². The highest BCUT2D eigenvalue weighted by Crippen LogP contribution is 2.22. The van der Waals surface area contributed by atoms with Crippen molar-refractivity contribution in [3.8, 4) is 11.8 Å². The van der Waals surface area contributed by atoms with Crippen molar-refractivity contribution in [2.75, 3.05) is 19.0 Å². The molecule has 0 aliphatic heterocycles. The van der Waals surface area contributed by atoms with E-state index in [4.69, 9.17) is 0 Å². The molecule has 3 rings (SSSR count). The van der Waals surface area contributed by atoms with Crippen molar-refractivity contribution in [1.29, 1.82) is 5.26 Å². The number of rotatable bonds is 4. The molecule has 0 saturated carbocycles. The van der Waals surface area contributed by atoms with E-state index in [9.17, 15) is 5.26 Å². The number of hydrogen-bond acceptors (Lipinski definition) is 2. The van der Waals surface area contributed by atoms with Crippen molar-refractivity contribution in [1.82, 2.24) is 4.57 Å². The monoisotopic (exact) mass is 313 g/mol. The molecule has 0 N–H and O–H groups in total. The molecule has 0 bridgehead atoms. The lowest BCUT2D eigenvalue weighted by Crippen LogP contribution is -2.08. The molecule has 3 aromatic rings. The first-order chi connectivity index (χ1) is 11.7. The van der Waals surface area contributed by atoms with Gasteiger partial charge in [-0.1, -0.05) is 30.3 Å². The third kappa shape index (κ3) is 3.23. The predicted octanol–water partition coefficient (Wildman–Crippen LogP) is 4.61. The summed E-state index contributed by atoms with van der Waals surface area (Å²) in [6, 6.07) is 24.4. The molecule has 0 amide bonds. The maximum atomic E-state index is 9.50. The summed E-state index contributed by atoms with van der Waals surface area (Å²) in [7, 11) is 4.05. The first-order valence-corrected chi connectivity index (χ1v) is 7.81. The Bertz CT molecular complexity index is 879. The number of benzene rings is 2. The maximum Gasteiger partial charge on any atom is 0.0998 e. The average Bonchev–Trinajstić information content (AvgIpc) is 3.08. The first-order valence-electron chi connectivity index (χ1n) is 7.81. The van der Waals surface area contributed by atoms with Gasteiger partial charge in [-0.3, -0.25) is 0 Å². The van der Waals surface area contributed by atoms with E-state index >= 15 is 0 Å². The highest BCUT2D eigenvalue weighted by molar-refractivity contribution is 5.89. The van der Waals surface area contributed by atoms with Crippen molar-refractivity contribution < 1.29 is 0 Å². The van der Waals surface area contributed by atoms with Crippen LogP contribution < -0.4 is 4.90 Å². The third-order valence-electron chi connectivity index (χ3n) is 3.92.